The van der Waals surface area contributed by atoms with Gasteiger partial charge in [0.05, 0.1) is 0 Å². The summed E-state index contributed by atoms with van der Waals surface area (Å²) < 4.78 is 0.506. The third-order valence-corrected chi connectivity index (χ3v) is 9.24. The highest BCUT2D eigenvalue weighted by Gasteiger charge is 2.55. The predicted molar refractivity (Wildman–Crippen MR) is 111 cm³/mol. The van der Waals surface area contributed by atoms with Crippen molar-refractivity contribution in [1.29, 1.82) is 0 Å². The molecular formula is C18H31BINOS. The van der Waals surface area contributed by atoms with E-state index in [9.17, 15) is 4.79 Å². The maximum atomic E-state index is 12.4. The average molecular weight is 447 g/mol. The lowest BCUT2D eigenvalue weighted by Crippen LogP contribution is -2.54. The van der Waals surface area contributed by atoms with Crippen molar-refractivity contribution >= 4 is 46.9 Å². The van der Waals surface area contributed by atoms with E-state index in [0.717, 1.165) is 5.92 Å². The van der Waals surface area contributed by atoms with Crippen LogP contribution in [0, 0.1) is 5.92 Å². The zero-order valence-electron chi connectivity index (χ0n) is 15.1. The molecule has 130 valence electrons. The van der Waals surface area contributed by atoms with Crippen molar-refractivity contribution in [2.24, 2.45) is 5.92 Å². The zero-order valence-corrected chi connectivity index (χ0v) is 18.1. The number of alkyl halides is 1. The van der Waals surface area contributed by atoms with Crippen LogP contribution in [0.2, 0.25) is 5.31 Å². The summed E-state index contributed by atoms with van der Waals surface area (Å²) >= 11 is 4.39. The van der Waals surface area contributed by atoms with Gasteiger partial charge < -0.3 is 4.90 Å². The Balaban J connectivity index is 1.75. The molecule has 0 spiro atoms. The Bertz CT molecular complexity index is 464. The lowest BCUT2D eigenvalue weighted by Gasteiger charge is -2.56. The first-order chi connectivity index (χ1) is 10.8. The van der Waals surface area contributed by atoms with Crippen LogP contribution in [0.1, 0.15) is 72.6 Å². The Morgan fingerprint density at radius 1 is 1.22 bits per heavy atom. The molecule has 3 saturated heterocycles. The second-order valence-electron chi connectivity index (χ2n) is 8.80. The summed E-state index contributed by atoms with van der Waals surface area (Å²) in [5.41, 5.74) is 0. The van der Waals surface area contributed by atoms with Crippen molar-refractivity contribution in [3.05, 3.63) is 0 Å². The second-order valence-corrected chi connectivity index (χ2v) is 12.3. The van der Waals surface area contributed by atoms with Gasteiger partial charge in [0.2, 0.25) is 0 Å². The zero-order chi connectivity index (χ0) is 16.8. The smallest absolute Gasteiger partial charge is 0.282 e. The van der Waals surface area contributed by atoms with Crippen LogP contribution in [-0.4, -0.2) is 38.1 Å². The summed E-state index contributed by atoms with van der Waals surface area (Å²) in [6.45, 7) is 9.21. The molecule has 1 aliphatic carbocycles. The van der Waals surface area contributed by atoms with E-state index < -0.39 is 0 Å². The predicted octanol–water partition coefficient (Wildman–Crippen LogP) is 5.44. The molecule has 0 aromatic heterocycles. The number of carbonyl (C=O) groups excluding carboxylic acids is 1. The van der Waals surface area contributed by atoms with Gasteiger partial charge in [-0.2, -0.15) is 0 Å². The first-order valence-electron chi connectivity index (χ1n) is 9.44. The SMILES string of the molecule is CC(C)N1C(=O)SC2CCC3(I)BC(C(C)C)(CCCCC21)C3. The summed E-state index contributed by atoms with van der Waals surface area (Å²) in [5, 5.41) is 1.48. The number of thioether (sulfide) groups is 1. The van der Waals surface area contributed by atoms with E-state index in [1.165, 1.54) is 52.2 Å². The topological polar surface area (TPSA) is 20.3 Å². The van der Waals surface area contributed by atoms with E-state index in [1.807, 2.05) is 0 Å². The van der Waals surface area contributed by atoms with Crippen molar-refractivity contribution in [3.8, 4) is 0 Å². The van der Waals surface area contributed by atoms with Crippen molar-refractivity contribution in [2.45, 2.75) is 98.6 Å². The number of hydrogen-bond donors (Lipinski definition) is 0. The molecule has 0 N–H and O–H groups in total. The van der Waals surface area contributed by atoms with Crippen LogP contribution in [0.3, 0.4) is 0 Å². The van der Waals surface area contributed by atoms with Gasteiger partial charge in [-0.15, -0.1) is 0 Å². The minimum atomic E-state index is 0.333. The molecule has 0 aromatic carbocycles. The van der Waals surface area contributed by atoms with Crippen LogP contribution in [0.15, 0.2) is 0 Å². The quantitative estimate of drug-likeness (QED) is 0.319. The van der Waals surface area contributed by atoms with E-state index in [4.69, 9.17) is 0 Å². The molecule has 4 rings (SSSR count). The standard InChI is InChI=1S/C18H31BINOS/c1-12(2)17-9-6-5-7-14-15(8-10-18(20,11-17)19-17)23-16(22)21(14)13(3)4/h12-15,19H,5-11H2,1-4H3. The number of amides is 1. The summed E-state index contributed by atoms with van der Waals surface area (Å²) in [6, 6.07) is 0.831. The number of halogens is 1. The molecule has 0 aromatic rings. The molecule has 4 atom stereocenters. The fourth-order valence-corrected chi connectivity index (χ4v) is 8.46. The van der Waals surface area contributed by atoms with Crippen molar-refractivity contribution in [3.63, 3.8) is 0 Å². The molecule has 5 heteroatoms. The molecule has 4 unspecified atom stereocenters. The first-order valence-corrected chi connectivity index (χ1v) is 11.4. The molecule has 2 bridgehead atoms. The number of nitrogens with zero attached hydrogens (tertiary/aromatic N) is 1. The molecular weight excluding hydrogens is 416 g/mol. The van der Waals surface area contributed by atoms with Gasteiger partial charge in [0.15, 0.2) is 0 Å². The van der Waals surface area contributed by atoms with Gasteiger partial charge in [-0.25, -0.2) is 0 Å². The van der Waals surface area contributed by atoms with Gasteiger partial charge in [-0.1, -0.05) is 67.5 Å². The van der Waals surface area contributed by atoms with Crippen molar-refractivity contribution in [2.75, 3.05) is 0 Å². The molecule has 1 saturated carbocycles. The Kier molecular flexibility index (Phi) is 5.39. The van der Waals surface area contributed by atoms with Crippen LogP contribution in [0.25, 0.3) is 0 Å². The lowest BCUT2D eigenvalue weighted by atomic mass is 9.27. The van der Waals surface area contributed by atoms with Crippen LogP contribution < -0.4 is 0 Å². The highest BCUT2D eigenvalue weighted by Crippen LogP contribution is 2.62. The van der Waals surface area contributed by atoms with Gasteiger partial charge in [-0.3, -0.25) is 4.79 Å². The number of fused-ring (bicyclic) bond motifs is 4. The fourth-order valence-electron chi connectivity index (χ4n) is 5.25. The van der Waals surface area contributed by atoms with Crippen LogP contribution in [0.4, 0.5) is 4.79 Å². The molecule has 3 aliphatic heterocycles. The van der Waals surface area contributed by atoms with E-state index in [0.29, 0.717) is 31.2 Å². The summed E-state index contributed by atoms with van der Waals surface area (Å²) in [6.07, 6.45) is 9.18. The Hall–Kier alpha value is 0.615. The molecule has 3 heterocycles. The van der Waals surface area contributed by atoms with Crippen LogP contribution >= 0.6 is 34.4 Å². The van der Waals surface area contributed by atoms with Crippen molar-refractivity contribution < 1.29 is 4.79 Å². The summed E-state index contributed by atoms with van der Waals surface area (Å²) in [4.78, 5) is 14.6. The first kappa shape index (κ1) is 18.4. The molecule has 23 heavy (non-hydrogen) atoms. The highest BCUT2D eigenvalue weighted by atomic mass is 127. The highest BCUT2D eigenvalue weighted by molar-refractivity contribution is 14.1. The second kappa shape index (κ2) is 6.73. The molecule has 0 radical (unpaired) electrons. The van der Waals surface area contributed by atoms with Gasteiger partial charge in [-0.05, 0) is 54.1 Å². The molecule has 4 aliphatic rings. The van der Waals surface area contributed by atoms with E-state index in [2.05, 4.69) is 55.2 Å². The van der Waals surface area contributed by atoms with Gasteiger partial charge in [0.25, 0.3) is 5.24 Å². The average Bonchev–Trinajstić information content (AvgIpc) is 2.72. The van der Waals surface area contributed by atoms with E-state index >= 15 is 0 Å². The number of hydrogen-bond acceptors (Lipinski definition) is 2. The van der Waals surface area contributed by atoms with Crippen molar-refractivity contribution in [1.82, 2.24) is 4.90 Å². The lowest BCUT2D eigenvalue weighted by molar-refractivity contribution is 0.177. The number of rotatable bonds is 2. The van der Waals surface area contributed by atoms with Crippen LogP contribution in [-0.2, 0) is 0 Å². The summed E-state index contributed by atoms with van der Waals surface area (Å²) in [5.74, 6) is 0.814. The third kappa shape index (κ3) is 3.47. The third-order valence-electron chi connectivity index (χ3n) is 6.67. The largest absolute Gasteiger partial charge is 0.327 e. The molecule has 4 fully saturated rings. The molecule has 1 amide bonds. The minimum absolute atomic E-state index is 0.333. The van der Waals surface area contributed by atoms with Crippen LogP contribution in [0.5, 0.6) is 0 Å². The monoisotopic (exact) mass is 447 g/mol. The Morgan fingerprint density at radius 3 is 2.52 bits per heavy atom. The number of carbonyl (C=O) groups is 1. The minimum Gasteiger partial charge on any atom is -0.327 e. The van der Waals surface area contributed by atoms with E-state index in [1.54, 1.807) is 11.8 Å². The maximum absolute atomic E-state index is 12.4. The normalized spacial score (nSPS) is 41.3. The Morgan fingerprint density at radius 2 is 1.91 bits per heavy atom. The maximum Gasteiger partial charge on any atom is 0.282 e. The Labute approximate surface area is 160 Å². The van der Waals surface area contributed by atoms with Gasteiger partial charge in [0.1, 0.15) is 7.28 Å². The summed E-state index contributed by atoms with van der Waals surface area (Å²) in [7, 11) is 1.40. The fraction of sp³-hybridized carbons (Fsp3) is 0.944. The molecule has 2 nitrogen and oxygen atoms in total. The van der Waals surface area contributed by atoms with Gasteiger partial charge >= 0.3 is 0 Å². The van der Waals surface area contributed by atoms with E-state index in [-0.39, 0.29) is 0 Å². The van der Waals surface area contributed by atoms with Gasteiger partial charge in [0, 0.05) is 17.3 Å².